The van der Waals surface area contributed by atoms with Gasteiger partial charge in [-0.3, -0.25) is 0 Å². The lowest BCUT2D eigenvalue weighted by atomic mass is 10.3. The molecule has 0 bridgehead atoms. The molecule has 0 saturated carbocycles. The van der Waals surface area contributed by atoms with Crippen LogP contribution >= 0.6 is 11.8 Å². The fourth-order valence-corrected chi connectivity index (χ4v) is 2.03. The molecule has 0 aliphatic carbocycles. The second kappa shape index (κ2) is 6.08. The normalized spacial score (nSPS) is 10.6. The van der Waals surface area contributed by atoms with Gasteiger partial charge in [-0.1, -0.05) is 6.92 Å². The number of imidazole rings is 1. The van der Waals surface area contributed by atoms with E-state index >= 15 is 0 Å². The Labute approximate surface area is 84.7 Å². The number of nitrogens with one attached hydrogen (secondary N) is 1. The minimum Gasteiger partial charge on any atom is -0.248 e. The molecule has 0 atom stereocenters. The molecule has 74 valence electrons. The van der Waals surface area contributed by atoms with Gasteiger partial charge in [0.2, 0.25) is 0 Å². The number of H-pyrrole nitrogens is 1. The van der Waals surface area contributed by atoms with Gasteiger partial charge in [0, 0.05) is 6.42 Å². The minimum absolute atomic E-state index is 1.07. The summed E-state index contributed by atoms with van der Waals surface area (Å²) in [5.41, 5.74) is 0. The van der Waals surface area contributed by atoms with Crippen molar-refractivity contribution in [2.24, 2.45) is 0 Å². The molecule has 0 fully saturated rings. The number of rotatable bonds is 6. The van der Waals surface area contributed by atoms with Crippen molar-refractivity contribution in [3.63, 3.8) is 0 Å². The van der Waals surface area contributed by atoms with E-state index in [2.05, 4.69) is 29.6 Å². The molecule has 1 N–H and O–H groups in total. The third kappa shape index (κ3) is 3.43. The molecule has 13 heavy (non-hydrogen) atoms. The zero-order chi connectivity index (χ0) is 9.52. The Morgan fingerprint density at radius 2 is 2.31 bits per heavy atom. The molecule has 1 rings (SSSR count). The van der Waals surface area contributed by atoms with Gasteiger partial charge >= 0.3 is 0 Å². The van der Waals surface area contributed by atoms with Gasteiger partial charge in [0.25, 0.3) is 5.82 Å². The Morgan fingerprint density at radius 3 is 3.00 bits per heavy atom. The van der Waals surface area contributed by atoms with Crippen LogP contribution in [0.4, 0.5) is 0 Å². The van der Waals surface area contributed by atoms with E-state index in [9.17, 15) is 0 Å². The SMILES string of the molecule is CCSCCCc1[nH]cc[n+]1CC. The smallest absolute Gasteiger partial charge is 0.248 e. The lowest BCUT2D eigenvalue weighted by Gasteiger charge is -1.97. The van der Waals surface area contributed by atoms with Gasteiger partial charge in [-0.2, -0.15) is 11.8 Å². The summed E-state index contributed by atoms with van der Waals surface area (Å²) in [6.45, 7) is 5.46. The summed E-state index contributed by atoms with van der Waals surface area (Å²) in [7, 11) is 0. The summed E-state index contributed by atoms with van der Waals surface area (Å²) in [6, 6.07) is 0. The van der Waals surface area contributed by atoms with Crippen molar-refractivity contribution in [1.82, 2.24) is 4.98 Å². The summed E-state index contributed by atoms with van der Waals surface area (Å²) in [5.74, 6) is 3.87. The summed E-state index contributed by atoms with van der Waals surface area (Å²) < 4.78 is 2.27. The summed E-state index contributed by atoms with van der Waals surface area (Å²) in [4.78, 5) is 3.29. The lowest BCUT2D eigenvalue weighted by molar-refractivity contribution is -0.699. The molecule has 0 saturated heterocycles. The monoisotopic (exact) mass is 199 g/mol. The lowest BCUT2D eigenvalue weighted by Crippen LogP contribution is -2.34. The highest BCUT2D eigenvalue weighted by Crippen LogP contribution is 2.03. The fraction of sp³-hybridized carbons (Fsp3) is 0.700. The largest absolute Gasteiger partial charge is 0.254 e. The first-order valence-electron chi connectivity index (χ1n) is 5.02. The number of aromatic nitrogens is 2. The van der Waals surface area contributed by atoms with E-state index in [1.165, 1.54) is 30.2 Å². The second-order valence-electron chi connectivity index (χ2n) is 2.99. The van der Waals surface area contributed by atoms with Crippen LogP contribution in [0.5, 0.6) is 0 Å². The zero-order valence-electron chi connectivity index (χ0n) is 8.55. The highest BCUT2D eigenvalue weighted by Gasteiger charge is 2.06. The van der Waals surface area contributed by atoms with Crippen molar-refractivity contribution < 1.29 is 4.57 Å². The van der Waals surface area contributed by atoms with Gasteiger partial charge in [-0.25, -0.2) is 9.55 Å². The van der Waals surface area contributed by atoms with Crippen molar-refractivity contribution in [3.8, 4) is 0 Å². The average Bonchev–Trinajstić information content (AvgIpc) is 2.60. The minimum atomic E-state index is 1.07. The Balaban J connectivity index is 2.27. The highest BCUT2D eigenvalue weighted by molar-refractivity contribution is 7.99. The molecular weight excluding hydrogens is 180 g/mol. The van der Waals surface area contributed by atoms with Crippen molar-refractivity contribution >= 4 is 11.8 Å². The van der Waals surface area contributed by atoms with Crippen LogP contribution in [-0.2, 0) is 13.0 Å². The number of aryl methyl sites for hydroxylation is 2. The molecule has 3 heteroatoms. The van der Waals surface area contributed by atoms with E-state index in [1.54, 1.807) is 0 Å². The topological polar surface area (TPSA) is 19.7 Å². The molecular formula is C10H19N2S+. The van der Waals surface area contributed by atoms with E-state index in [-0.39, 0.29) is 0 Å². The number of hydrogen-bond acceptors (Lipinski definition) is 1. The Kier molecular flexibility index (Phi) is 4.98. The molecule has 1 aromatic rings. The van der Waals surface area contributed by atoms with Crippen molar-refractivity contribution in [3.05, 3.63) is 18.2 Å². The first-order valence-corrected chi connectivity index (χ1v) is 6.17. The molecule has 2 nitrogen and oxygen atoms in total. The van der Waals surface area contributed by atoms with Gasteiger partial charge in [0.15, 0.2) is 0 Å². The highest BCUT2D eigenvalue weighted by atomic mass is 32.2. The molecule has 0 unspecified atom stereocenters. The first kappa shape index (κ1) is 10.6. The van der Waals surface area contributed by atoms with E-state index in [1.807, 2.05) is 18.0 Å². The molecule has 0 aliphatic rings. The molecule has 0 aromatic carbocycles. The second-order valence-corrected chi connectivity index (χ2v) is 4.39. The van der Waals surface area contributed by atoms with Gasteiger partial charge in [0.05, 0.1) is 6.54 Å². The van der Waals surface area contributed by atoms with Crippen LogP contribution in [0.25, 0.3) is 0 Å². The van der Waals surface area contributed by atoms with E-state index < -0.39 is 0 Å². The predicted octanol–water partition coefficient (Wildman–Crippen LogP) is 2.01. The van der Waals surface area contributed by atoms with Gasteiger partial charge in [-0.05, 0) is 24.9 Å². The van der Waals surface area contributed by atoms with Crippen LogP contribution in [-0.4, -0.2) is 16.5 Å². The summed E-state index contributed by atoms with van der Waals surface area (Å²) in [6.07, 6.45) is 6.58. The number of thioether (sulfide) groups is 1. The molecule has 1 heterocycles. The van der Waals surface area contributed by atoms with Crippen molar-refractivity contribution in [2.75, 3.05) is 11.5 Å². The molecule has 0 radical (unpaired) electrons. The first-order chi connectivity index (χ1) is 6.38. The van der Waals surface area contributed by atoms with E-state index in [0.717, 1.165) is 6.54 Å². The van der Waals surface area contributed by atoms with E-state index in [0.29, 0.717) is 0 Å². The summed E-state index contributed by atoms with van der Waals surface area (Å²) in [5, 5.41) is 0. The number of hydrogen-bond donors (Lipinski definition) is 1. The van der Waals surface area contributed by atoms with Gasteiger partial charge in [-0.15, -0.1) is 0 Å². The van der Waals surface area contributed by atoms with Gasteiger partial charge in [0.1, 0.15) is 12.4 Å². The average molecular weight is 199 g/mol. The van der Waals surface area contributed by atoms with Crippen LogP contribution in [0.3, 0.4) is 0 Å². The number of aromatic amines is 1. The van der Waals surface area contributed by atoms with Crippen molar-refractivity contribution in [2.45, 2.75) is 33.2 Å². The quantitative estimate of drug-likeness (QED) is 0.549. The third-order valence-electron chi connectivity index (χ3n) is 2.10. The van der Waals surface area contributed by atoms with E-state index in [4.69, 9.17) is 0 Å². The molecule has 0 amide bonds. The van der Waals surface area contributed by atoms with Crippen LogP contribution in [0.15, 0.2) is 12.4 Å². The maximum Gasteiger partial charge on any atom is 0.254 e. The van der Waals surface area contributed by atoms with Crippen LogP contribution in [0, 0.1) is 0 Å². The standard InChI is InChI=1S/C10H18N2S/c1-3-12-8-7-11-10(12)6-5-9-13-4-2/h7-8H,3-6,9H2,1-2H3/p+1. The Bertz CT molecular complexity index is 233. The van der Waals surface area contributed by atoms with Crippen LogP contribution < -0.4 is 4.57 Å². The zero-order valence-corrected chi connectivity index (χ0v) is 9.36. The summed E-state index contributed by atoms with van der Waals surface area (Å²) >= 11 is 2.02. The maximum absolute atomic E-state index is 3.29. The maximum atomic E-state index is 3.29. The molecule has 1 aromatic heterocycles. The van der Waals surface area contributed by atoms with Gasteiger partial charge < -0.3 is 0 Å². The van der Waals surface area contributed by atoms with Crippen LogP contribution in [0.1, 0.15) is 26.1 Å². The van der Waals surface area contributed by atoms with Crippen molar-refractivity contribution in [1.29, 1.82) is 0 Å². The Morgan fingerprint density at radius 1 is 1.46 bits per heavy atom. The molecule has 0 spiro atoms. The molecule has 0 aliphatic heterocycles. The van der Waals surface area contributed by atoms with Crippen LogP contribution in [0.2, 0.25) is 0 Å². The third-order valence-corrected chi connectivity index (χ3v) is 3.08. The predicted molar refractivity (Wildman–Crippen MR) is 58.0 cm³/mol. The number of nitrogens with zero attached hydrogens (tertiary/aromatic N) is 1. The fourth-order valence-electron chi connectivity index (χ4n) is 1.39. The Hall–Kier alpha value is -0.440.